The van der Waals surface area contributed by atoms with E-state index in [4.69, 9.17) is 16.6 Å². The number of aromatic carboxylic acids is 1. The highest BCUT2D eigenvalue weighted by molar-refractivity contribution is 5.95. The van der Waals surface area contributed by atoms with Gasteiger partial charge in [0.1, 0.15) is 0 Å². The molecule has 0 bridgehead atoms. The number of carboxylic acid groups (broad SMARTS) is 1. The van der Waals surface area contributed by atoms with Gasteiger partial charge in [-0.25, -0.2) is 9.79 Å². The molecule has 0 fully saturated rings. The molecule has 1 aromatic rings. The van der Waals surface area contributed by atoms with Crippen LogP contribution in [0.15, 0.2) is 23.2 Å². The van der Waals surface area contributed by atoms with E-state index in [0.717, 1.165) is 12.0 Å². The van der Waals surface area contributed by atoms with Crippen molar-refractivity contribution in [1.29, 1.82) is 0 Å². The smallest absolute Gasteiger partial charge is 0.337 e. The third-order valence-electron chi connectivity index (χ3n) is 1.95. The van der Waals surface area contributed by atoms with Gasteiger partial charge in [0, 0.05) is 0 Å². The Hall–Kier alpha value is -2.04. The maximum absolute atomic E-state index is 10.9. The van der Waals surface area contributed by atoms with Crippen molar-refractivity contribution in [2.75, 3.05) is 0 Å². The van der Waals surface area contributed by atoms with E-state index in [1.807, 2.05) is 6.92 Å². The molecule has 0 aliphatic heterocycles. The first-order valence-electron chi connectivity index (χ1n) is 4.50. The highest BCUT2D eigenvalue weighted by Gasteiger charge is 2.09. The van der Waals surface area contributed by atoms with Gasteiger partial charge in [-0.15, -0.1) is 0 Å². The third-order valence-corrected chi connectivity index (χ3v) is 1.95. The molecule has 0 radical (unpaired) electrons. The van der Waals surface area contributed by atoms with Crippen molar-refractivity contribution in [1.82, 2.24) is 0 Å². The van der Waals surface area contributed by atoms with E-state index in [1.54, 1.807) is 12.1 Å². The summed E-state index contributed by atoms with van der Waals surface area (Å²) in [6.45, 7) is 1.97. The molecule has 0 heterocycles. The number of nitrogens with zero attached hydrogens (tertiary/aromatic N) is 1. The first-order chi connectivity index (χ1) is 7.04. The predicted molar refractivity (Wildman–Crippen MR) is 58.2 cm³/mol. The van der Waals surface area contributed by atoms with Gasteiger partial charge in [-0.2, -0.15) is 0 Å². The minimum atomic E-state index is -1.04. The number of rotatable bonds is 3. The average molecular weight is 207 g/mol. The Balaban J connectivity index is 3.29. The van der Waals surface area contributed by atoms with Gasteiger partial charge in [0.05, 0.1) is 11.3 Å². The molecule has 0 saturated carbocycles. The lowest BCUT2D eigenvalue weighted by atomic mass is 10.1. The van der Waals surface area contributed by atoms with Gasteiger partial charge in [-0.1, -0.05) is 13.0 Å². The SMILES string of the molecule is CCc1ccc(C(=O)O)c(N=C(N)N)c1. The summed E-state index contributed by atoms with van der Waals surface area (Å²) < 4.78 is 0. The molecular weight excluding hydrogens is 194 g/mol. The molecule has 0 amide bonds. The number of carbonyl (C=O) groups is 1. The molecule has 0 atom stereocenters. The van der Waals surface area contributed by atoms with Crippen LogP contribution in [0, 0.1) is 0 Å². The second-order valence-electron chi connectivity index (χ2n) is 3.05. The Morgan fingerprint density at radius 3 is 2.60 bits per heavy atom. The van der Waals surface area contributed by atoms with Crippen LogP contribution in [0.25, 0.3) is 0 Å². The Kier molecular flexibility index (Phi) is 3.28. The lowest BCUT2D eigenvalue weighted by molar-refractivity contribution is 0.0698. The minimum Gasteiger partial charge on any atom is -0.478 e. The van der Waals surface area contributed by atoms with E-state index >= 15 is 0 Å². The molecule has 1 rings (SSSR count). The molecule has 0 aromatic heterocycles. The number of benzene rings is 1. The van der Waals surface area contributed by atoms with Crippen molar-refractivity contribution >= 4 is 17.6 Å². The van der Waals surface area contributed by atoms with Crippen LogP contribution in [-0.4, -0.2) is 17.0 Å². The van der Waals surface area contributed by atoms with Crippen LogP contribution in [0.5, 0.6) is 0 Å². The molecule has 5 N–H and O–H groups in total. The quantitative estimate of drug-likeness (QED) is 0.505. The Morgan fingerprint density at radius 2 is 2.13 bits per heavy atom. The van der Waals surface area contributed by atoms with Crippen molar-refractivity contribution in [3.05, 3.63) is 29.3 Å². The topological polar surface area (TPSA) is 102 Å². The number of guanidine groups is 1. The Bertz CT molecular complexity index is 409. The molecule has 0 aliphatic rings. The lowest BCUT2D eigenvalue weighted by Crippen LogP contribution is -2.22. The average Bonchev–Trinajstić information content (AvgIpc) is 2.16. The van der Waals surface area contributed by atoms with Crippen molar-refractivity contribution in [3.63, 3.8) is 0 Å². The van der Waals surface area contributed by atoms with Crippen LogP contribution in [0.2, 0.25) is 0 Å². The maximum Gasteiger partial charge on any atom is 0.337 e. The largest absolute Gasteiger partial charge is 0.478 e. The monoisotopic (exact) mass is 207 g/mol. The Labute approximate surface area is 87.4 Å². The van der Waals surface area contributed by atoms with Gasteiger partial charge in [-0.3, -0.25) is 0 Å². The molecule has 0 aliphatic carbocycles. The van der Waals surface area contributed by atoms with E-state index in [0.29, 0.717) is 5.69 Å². The highest BCUT2D eigenvalue weighted by atomic mass is 16.4. The number of aryl methyl sites for hydroxylation is 1. The van der Waals surface area contributed by atoms with Crippen molar-refractivity contribution in [2.45, 2.75) is 13.3 Å². The van der Waals surface area contributed by atoms with Crippen LogP contribution >= 0.6 is 0 Å². The molecule has 0 spiro atoms. The molecule has 5 heteroatoms. The molecule has 1 aromatic carbocycles. The van der Waals surface area contributed by atoms with Crippen LogP contribution in [-0.2, 0) is 6.42 Å². The zero-order chi connectivity index (χ0) is 11.4. The number of hydrogen-bond donors (Lipinski definition) is 3. The first kappa shape index (κ1) is 11.0. The van der Waals surface area contributed by atoms with E-state index in [9.17, 15) is 4.79 Å². The fourth-order valence-corrected chi connectivity index (χ4v) is 1.21. The summed E-state index contributed by atoms with van der Waals surface area (Å²) in [5.41, 5.74) is 11.8. The fraction of sp³-hybridized carbons (Fsp3) is 0.200. The zero-order valence-electron chi connectivity index (χ0n) is 8.40. The van der Waals surface area contributed by atoms with Crippen molar-refractivity contribution < 1.29 is 9.90 Å². The first-order valence-corrected chi connectivity index (χ1v) is 4.50. The second-order valence-corrected chi connectivity index (χ2v) is 3.05. The predicted octanol–water partition coefficient (Wildman–Crippen LogP) is 0.852. The summed E-state index contributed by atoms with van der Waals surface area (Å²) in [5.74, 6) is -1.19. The van der Waals surface area contributed by atoms with E-state index in [2.05, 4.69) is 4.99 Å². The van der Waals surface area contributed by atoms with E-state index in [1.165, 1.54) is 6.07 Å². The molecule has 15 heavy (non-hydrogen) atoms. The van der Waals surface area contributed by atoms with Gasteiger partial charge >= 0.3 is 5.97 Å². The van der Waals surface area contributed by atoms with Gasteiger partial charge in [-0.05, 0) is 24.1 Å². The second kappa shape index (κ2) is 4.45. The van der Waals surface area contributed by atoms with Crippen LogP contribution in [0.4, 0.5) is 5.69 Å². The van der Waals surface area contributed by atoms with Gasteiger partial charge in [0.15, 0.2) is 5.96 Å². The number of carboxylic acids is 1. The van der Waals surface area contributed by atoms with Crippen molar-refractivity contribution in [2.24, 2.45) is 16.5 Å². The maximum atomic E-state index is 10.9. The normalized spacial score (nSPS) is 9.67. The number of aliphatic imine (C=N–C) groups is 1. The van der Waals surface area contributed by atoms with Crippen LogP contribution in [0.1, 0.15) is 22.8 Å². The number of nitrogens with two attached hydrogens (primary N) is 2. The summed E-state index contributed by atoms with van der Waals surface area (Å²) >= 11 is 0. The van der Waals surface area contributed by atoms with Crippen LogP contribution < -0.4 is 11.5 Å². The molecule has 0 unspecified atom stereocenters. The summed E-state index contributed by atoms with van der Waals surface area (Å²) in [4.78, 5) is 14.6. The standard InChI is InChI=1S/C10H13N3O2/c1-2-6-3-4-7(9(14)15)8(5-6)13-10(11)12/h3-5H,2H2,1H3,(H,14,15)(H4,11,12,13). The summed E-state index contributed by atoms with van der Waals surface area (Å²) in [7, 11) is 0. The van der Waals surface area contributed by atoms with Crippen molar-refractivity contribution in [3.8, 4) is 0 Å². The summed E-state index contributed by atoms with van der Waals surface area (Å²) in [5, 5.41) is 8.89. The van der Waals surface area contributed by atoms with E-state index < -0.39 is 5.97 Å². The van der Waals surface area contributed by atoms with Gasteiger partial charge in [0.2, 0.25) is 0 Å². The van der Waals surface area contributed by atoms with Crippen LogP contribution in [0.3, 0.4) is 0 Å². The van der Waals surface area contributed by atoms with E-state index in [-0.39, 0.29) is 11.5 Å². The fourth-order valence-electron chi connectivity index (χ4n) is 1.21. The third kappa shape index (κ3) is 2.70. The Morgan fingerprint density at radius 1 is 1.47 bits per heavy atom. The molecule has 5 nitrogen and oxygen atoms in total. The molecular formula is C10H13N3O2. The number of hydrogen-bond acceptors (Lipinski definition) is 2. The van der Waals surface area contributed by atoms with Gasteiger partial charge in [0.25, 0.3) is 0 Å². The summed E-state index contributed by atoms with van der Waals surface area (Å²) in [6, 6.07) is 4.92. The molecule has 80 valence electrons. The lowest BCUT2D eigenvalue weighted by Gasteiger charge is -2.03. The zero-order valence-corrected chi connectivity index (χ0v) is 8.40. The minimum absolute atomic E-state index is 0.0978. The highest BCUT2D eigenvalue weighted by Crippen LogP contribution is 2.21. The van der Waals surface area contributed by atoms with Gasteiger partial charge < -0.3 is 16.6 Å². The molecule has 0 saturated heterocycles. The summed E-state index contributed by atoms with van der Waals surface area (Å²) in [6.07, 6.45) is 0.799.